The summed E-state index contributed by atoms with van der Waals surface area (Å²) in [6.45, 7) is 3.63. The van der Waals surface area contributed by atoms with E-state index in [1.165, 1.54) is 16.7 Å². The van der Waals surface area contributed by atoms with Gasteiger partial charge in [-0.25, -0.2) is 0 Å². The molecule has 0 aliphatic rings. The third-order valence-electron chi connectivity index (χ3n) is 2.25. The van der Waals surface area contributed by atoms with Crippen molar-refractivity contribution in [2.24, 2.45) is 5.16 Å². The van der Waals surface area contributed by atoms with Gasteiger partial charge in [-0.05, 0) is 38.1 Å². The van der Waals surface area contributed by atoms with Crippen LogP contribution in [0.5, 0.6) is 0 Å². The summed E-state index contributed by atoms with van der Waals surface area (Å²) >= 11 is 7.23. The summed E-state index contributed by atoms with van der Waals surface area (Å²) in [7, 11) is 1.55. The lowest BCUT2D eigenvalue weighted by Gasteiger charge is -2.26. The molecule has 4 nitrogen and oxygen atoms in total. The first-order valence-corrected chi connectivity index (χ1v) is 6.45. The maximum Gasteiger partial charge on any atom is 0.243 e. The van der Waals surface area contributed by atoms with Crippen molar-refractivity contribution in [1.82, 2.24) is 4.90 Å². The highest BCUT2D eigenvalue weighted by atomic mass is 35.5. The Bertz CT molecular complexity index is 446. The number of thioether (sulfide) groups is 1. The molecular weight excluding hydrogens is 272 g/mol. The Hall–Kier alpha value is -1.20. The minimum atomic E-state index is -0.663. The van der Waals surface area contributed by atoms with Gasteiger partial charge in [0.05, 0.1) is 4.75 Å². The summed E-state index contributed by atoms with van der Waals surface area (Å²) in [6.07, 6.45) is 1.08. The Morgan fingerprint density at radius 2 is 2.00 bits per heavy atom. The van der Waals surface area contributed by atoms with Crippen LogP contribution in [0.15, 0.2) is 34.3 Å². The largest absolute Gasteiger partial charge is 0.410 e. The zero-order chi connectivity index (χ0) is 13.8. The molecule has 6 heteroatoms. The van der Waals surface area contributed by atoms with Crippen molar-refractivity contribution in [3.8, 4) is 0 Å². The zero-order valence-electron chi connectivity index (χ0n) is 10.4. The first-order chi connectivity index (χ1) is 8.36. The van der Waals surface area contributed by atoms with Crippen LogP contribution in [-0.4, -0.2) is 34.1 Å². The van der Waals surface area contributed by atoms with Crippen molar-refractivity contribution in [3.05, 3.63) is 29.3 Å². The van der Waals surface area contributed by atoms with E-state index in [0.29, 0.717) is 5.02 Å². The van der Waals surface area contributed by atoms with E-state index >= 15 is 0 Å². The van der Waals surface area contributed by atoms with Gasteiger partial charge in [-0.2, -0.15) is 0 Å². The molecule has 0 unspecified atom stereocenters. The predicted octanol–water partition coefficient (Wildman–Crippen LogP) is 3.09. The van der Waals surface area contributed by atoms with Crippen LogP contribution >= 0.6 is 23.4 Å². The minimum Gasteiger partial charge on any atom is -0.410 e. The van der Waals surface area contributed by atoms with Gasteiger partial charge in [0, 0.05) is 17.0 Å². The summed E-state index contributed by atoms with van der Waals surface area (Å²) in [5.74, 6) is -0.153. The summed E-state index contributed by atoms with van der Waals surface area (Å²) in [4.78, 5) is 14.3. The second kappa shape index (κ2) is 6.11. The molecule has 1 aromatic carbocycles. The molecule has 0 atom stereocenters. The minimum absolute atomic E-state index is 0.153. The van der Waals surface area contributed by atoms with E-state index in [-0.39, 0.29) is 5.91 Å². The van der Waals surface area contributed by atoms with Gasteiger partial charge in [0.1, 0.15) is 6.34 Å². The van der Waals surface area contributed by atoms with Gasteiger partial charge in [-0.1, -0.05) is 16.8 Å². The molecule has 0 fully saturated rings. The first kappa shape index (κ1) is 14.9. The monoisotopic (exact) mass is 286 g/mol. The van der Waals surface area contributed by atoms with Gasteiger partial charge in [0.15, 0.2) is 0 Å². The van der Waals surface area contributed by atoms with Gasteiger partial charge in [-0.15, -0.1) is 11.8 Å². The van der Waals surface area contributed by atoms with Crippen LogP contribution in [-0.2, 0) is 4.79 Å². The van der Waals surface area contributed by atoms with Crippen molar-refractivity contribution >= 4 is 35.6 Å². The first-order valence-electron chi connectivity index (χ1n) is 5.26. The van der Waals surface area contributed by atoms with E-state index in [2.05, 4.69) is 5.16 Å². The van der Waals surface area contributed by atoms with Gasteiger partial charge < -0.3 is 10.1 Å². The average molecular weight is 287 g/mol. The molecule has 98 valence electrons. The fourth-order valence-electron chi connectivity index (χ4n) is 1.40. The highest BCUT2D eigenvalue weighted by Gasteiger charge is 2.31. The molecule has 1 aromatic rings. The number of hydrogen-bond acceptors (Lipinski definition) is 4. The molecule has 18 heavy (non-hydrogen) atoms. The quantitative estimate of drug-likeness (QED) is 0.304. The molecule has 0 spiro atoms. The highest BCUT2D eigenvalue weighted by Crippen LogP contribution is 2.34. The number of oxime groups is 1. The number of hydrogen-bond donors (Lipinski definition) is 1. The van der Waals surface area contributed by atoms with Crippen molar-refractivity contribution < 1.29 is 10.0 Å². The van der Waals surface area contributed by atoms with Crippen molar-refractivity contribution in [1.29, 1.82) is 0 Å². The lowest BCUT2D eigenvalue weighted by atomic mass is 10.2. The molecule has 0 aromatic heterocycles. The number of nitrogens with zero attached hydrogens (tertiary/aromatic N) is 2. The topological polar surface area (TPSA) is 52.9 Å². The van der Waals surface area contributed by atoms with E-state index in [0.717, 1.165) is 11.2 Å². The van der Waals surface area contributed by atoms with Gasteiger partial charge in [0.2, 0.25) is 5.91 Å². The molecule has 0 radical (unpaired) electrons. The molecular formula is C12H15ClN2O2S. The van der Waals surface area contributed by atoms with Gasteiger partial charge in [0.25, 0.3) is 0 Å². The van der Waals surface area contributed by atoms with Gasteiger partial charge >= 0.3 is 0 Å². The number of halogens is 1. The number of carbonyl (C=O) groups is 1. The third kappa shape index (κ3) is 3.92. The van der Waals surface area contributed by atoms with E-state index < -0.39 is 4.75 Å². The van der Waals surface area contributed by atoms with Crippen LogP contribution < -0.4 is 0 Å². The lowest BCUT2D eigenvalue weighted by Crippen LogP contribution is -2.40. The molecule has 0 saturated carbocycles. The Labute approximate surface area is 116 Å². The lowest BCUT2D eigenvalue weighted by molar-refractivity contribution is -0.127. The van der Waals surface area contributed by atoms with Crippen LogP contribution in [0.2, 0.25) is 5.02 Å². The average Bonchev–Trinajstić information content (AvgIpc) is 2.31. The van der Waals surface area contributed by atoms with E-state index in [1.807, 2.05) is 26.0 Å². The highest BCUT2D eigenvalue weighted by molar-refractivity contribution is 8.01. The molecule has 1 rings (SSSR count). The Kier molecular flexibility index (Phi) is 5.04. The smallest absolute Gasteiger partial charge is 0.243 e. The van der Waals surface area contributed by atoms with Crippen LogP contribution in [0, 0.1) is 0 Å². The predicted molar refractivity (Wildman–Crippen MR) is 74.4 cm³/mol. The molecule has 0 aliphatic carbocycles. The Morgan fingerprint density at radius 1 is 1.44 bits per heavy atom. The van der Waals surface area contributed by atoms with Crippen LogP contribution in [0.25, 0.3) is 0 Å². The summed E-state index contributed by atoms with van der Waals surface area (Å²) in [6, 6.07) is 7.29. The summed E-state index contributed by atoms with van der Waals surface area (Å²) in [5.41, 5.74) is 0. The molecule has 1 N–H and O–H groups in total. The molecule has 0 saturated heterocycles. The second-order valence-corrected chi connectivity index (χ2v) is 6.35. The van der Waals surface area contributed by atoms with E-state index in [4.69, 9.17) is 16.8 Å². The SMILES string of the molecule is CN(C=NO)C(=O)C(C)(C)Sc1ccc(Cl)cc1. The maximum absolute atomic E-state index is 12.1. The normalized spacial score (nSPS) is 11.8. The fourth-order valence-corrected chi connectivity index (χ4v) is 2.61. The van der Waals surface area contributed by atoms with Crippen molar-refractivity contribution in [3.63, 3.8) is 0 Å². The Balaban J connectivity index is 2.80. The van der Waals surface area contributed by atoms with Crippen LogP contribution in [0.4, 0.5) is 0 Å². The number of amides is 1. The van der Waals surface area contributed by atoms with Crippen molar-refractivity contribution in [2.45, 2.75) is 23.5 Å². The number of carbonyl (C=O) groups excluding carboxylic acids is 1. The second-order valence-electron chi connectivity index (χ2n) is 4.21. The summed E-state index contributed by atoms with van der Waals surface area (Å²) in [5, 5.41) is 11.9. The Morgan fingerprint density at radius 3 is 2.50 bits per heavy atom. The zero-order valence-corrected chi connectivity index (χ0v) is 12.0. The number of benzene rings is 1. The van der Waals surface area contributed by atoms with Crippen molar-refractivity contribution in [2.75, 3.05) is 7.05 Å². The fraction of sp³-hybridized carbons (Fsp3) is 0.333. The maximum atomic E-state index is 12.1. The van der Waals surface area contributed by atoms with Gasteiger partial charge in [-0.3, -0.25) is 4.79 Å². The van der Waals surface area contributed by atoms with Crippen LogP contribution in [0.1, 0.15) is 13.8 Å². The standard InChI is InChI=1S/C12H15ClN2O2S/c1-12(2,11(16)15(3)8-14-17)18-10-6-4-9(13)5-7-10/h4-8,17H,1-3H3. The molecule has 0 aliphatic heterocycles. The van der Waals surface area contributed by atoms with E-state index in [9.17, 15) is 4.79 Å². The van der Waals surface area contributed by atoms with E-state index in [1.54, 1.807) is 19.2 Å². The summed E-state index contributed by atoms with van der Waals surface area (Å²) < 4.78 is -0.663. The number of rotatable bonds is 4. The molecule has 1 amide bonds. The molecule has 0 bridgehead atoms. The van der Waals surface area contributed by atoms with Crippen LogP contribution in [0.3, 0.4) is 0 Å². The third-order valence-corrected chi connectivity index (χ3v) is 3.69. The molecule has 0 heterocycles.